The molecule has 0 aromatic carbocycles. The zero-order chi connectivity index (χ0) is 15.4. The van der Waals surface area contributed by atoms with Crippen LogP contribution in [0.5, 0.6) is 0 Å². The molecule has 5 heteroatoms. The molecule has 1 N–H and O–H groups in total. The van der Waals surface area contributed by atoms with Crippen LogP contribution in [-0.4, -0.2) is 49.2 Å². The van der Waals surface area contributed by atoms with E-state index in [1.54, 1.807) is 0 Å². The molecule has 1 aromatic heterocycles. The van der Waals surface area contributed by atoms with Gasteiger partial charge in [-0.1, -0.05) is 25.4 Å². The Balaban J connectivity index is 2.05. The van der Waals surface area contributed by atoms with Crippen molar-refractivity contribution in [1.29, 1.82) is 0 Å². The lowest BCUT2D eigenvalue weighted by atomic mass is 10.1. The van der Waals surface area contributed by atoms with Crippen LogP contribution < -0.4 is 10.2 Å². The lowest BCUT2D eigenvalue weighted by molar-refractivity contribution is 0.247. The lowest BCUT2D eigenvalue weighted by Gasteiger charge is -2.36. The Morgan fingerprint density at radius 3 is 2.90 bits per heavy atom. The molecule has 0 amide bonds. The van der Waals surface area contributed by atoms with Gasteiger partial charge in [0, 0.05) is 38.4 Å². The van der Waals surface area contributed by atoms with Gasteiger partial charge in [-0.25, -0.2) is 4.98 Å². The molecule has 21 heavy (non-hydrogen) atoms. The van der Waals surface area contributed by atoms with Crippen molar-refractivity contribution in [2.75, 3.05) is 32.1 Å². The summed E-state index contributed by atoms with van der Waals surface area (Å²) in [6.07, 6.45) is 4.37. The summed E-state index contributed by atoms with van der Waals surface area (Å²) >= 11 is 6.45. The van der Waals surface area contributed by atoms with Gasteiger partial charge in [-0.3, -0.25) is 0 Å². The fourth-order valence-electron chi connectivity index (χ4n) is 2.78. The second kappa shape index (κ2) is 7.43. The van der Waals surface area contributed by atoms with Gasteiger partial charge in [-0.2, -0.15) is 0 Å². The van der Waals surface area contributed by atoms with Crippen molar-refractivity contribution in [1.82, 2.24) is 15.2 Å². The molecule has 1 unspecified atom stereocenters. The largest absolute Gasteiger partial charge is 0.354 e. The van der Waals surface area contributed by atoms with Crippen LogP contribution in [-0.2, 0) is 6.54 Å². The average Bonchev–Trinajstić information content (AvgIpc) is 2.44. The van der Waals surface area contributed by atoms with E-state index in [0.29, 0.717) is 12.1 Å². The third kappa shape index (κ3) is 4.56. The van der Waals surface area contributed by atoms with Crippen molar-refractivity contribution in [3.63, 3.8) is 0 Å². The zero-order valence-corrected chi connectivity index (χ0v) is 14.3. The Bertz CT molecular complexity index is 464. The molecule has 0 bridgehead atoms. The normalized spacial score (nSPS) is 20.0. The molecule has 1 aliphatic rings. The van der Waals surface area contributed by atoms with Gasteiger partial charge in [0.1, 0.15) is 5.82 Å². The zero-order valence-electron chi connectivity index (χ0n) is 13.6. The van der Waals surface area contributed by atoms with Crippen molar-refractivity contribution >= 4 is 17.4 Å². The predicted octanol–water partition coefficient (Wildman–Crippen LogP) is 2.76. The van der Waals surface area contributed by atoms with Crippen molar-refractivity contribution in [3.05, 3.63) is 22.8 Å². The van der Waals surface area contributed by atoms with Crippen LogP contribution in [0.2, 0.25) is 5.02 Å². The van der Waals surface area contributed by atoms with Crippen LogP contribution >= 0.6 is 11.6 Å². The van der Waals surface area contributed by atoms with Crippen LogP contribution in [0.3, 0.4) is 0 Å². The minimum absolute atomic E-state index is 0.462. The molecule has 0 radical (unpaired) electrons. The molecule has 2 rings (SSSR count). The molecule has 2 heterocycles. The molecule has 1 atom stereocenters. The first-order valence-corrected chi connectivity index (χ1v) is 8.14. The topological polar surface area (TPSA) is 31.4 Å². The van der Waals surface area contributed by atoms with E-state index in [2.05, 4.69) is 48.0 Å². The van der Waals surface area contributed by atoms with E-state index in [4.69, 9.17) is 11.6 Å². The van der Waals surface area contributed by atoms with Gasteiger partial charge < -0.3 is 15.1 Å². The van der Waals surface area contributed by atoms with Gasteiger partial charge in [-0.05, 0) is 38.1 Å². The molecule has 1 saturated heterocycles. The molecule has 1 aromatic rings. The SMILES string of the molecule is CC(C)NCc1cnc(N(C)C2CCCN(C)C2)c(Cl)c1. The highest BCUT2D eigenvalue weighted by molar-refractivity contribution is 6.33. The fourth-order valence-corrected chi connectivity index (χ4v) is 3.10. The first-order valence-electron chi connectivity index (χ1n) is 7.76. The summed E-state index contributed by atoms with van der Waals surface area (Å²) < 4.78 is 0. The molecule has 118 valence electrons. The van der Waals surface area contributed by atoms with E-state index < -0.39 is 0 Å². The quantitative estimate of drug-likeness (QED) is 0.906. The van der Waals surface area contributed by atoms with Crippen LogP contribution in [0.15, 0.2) is 12.3 Å². The summed E-state index contributed by atoms with van der Waals surface area (Å²) in [6, 6.07) is 2.99. The molecule has 0 aliphatic carbocycles. The number of nitrogens with one attached hydrogen (secondary N) is 1. The summed E-state index contributed by atoms with van der Waals surface area (Å²) in [4.78, 5) is 9.20. The Labute approximate surface area is 133 Å². The second-order valence-corrected chi connectivity index (χ2v) is 6.76. The molecule has 1 fully saturated rings. The number of likely N-dealkylation sites (N-methyl/N-ethyl adjacent to an activating group) is 2. The number of hydrogen-bond donors (Lipinski definition) is 1. The monoisotopic (exact) mass is 310 g/mol. The van der Waals surface area contributed by atoms with E-state index >= 15 is 0 Å². The summed E-state index contributed by atoms with van der Waals surface area (Å²) in [5.41, 5.74) is 1.13. The standard InChI is InChI=1S/C16H27ClN4/c1-12(2)18-9-13-8-15(17)16(19-10-13)21(4)14-6-5-7-20(3)11-14/h8,10,12,14,18H,5-7,9,11H2,1-4H3. The smallest absolute Gasteiger partial charge is 0.147 e. The number of halogens is 1. The highest BCUT2D eigenvalue weighted by Crippen LogP contribution is 2.27. The maximum atomic E-state index is 6.45. The number of hydrogen-bond acceptors (Lipinski definition) is 4. The van der Waals surface area contributed by atoms with Gasteiger partial charge in [0.2, 0.25) is 0 Å². The van der Waals surface area contributed by atoms with Crippen LogP contribution in [0, 0.1) is 0 Å². The van der Waals surface area contributed by atoms with Gasteiger partial charge in [-0.15, -0.1) is 0 Å². The first-order chi connectivity index (χ1) is 9.97. The van der Waals surface area contributed by atoms with Gasteiger partial charge in [0.15, 0.2) is 0 Å². The number of rotatable bonds is 5. The van der Waals surface area contributed by atoms with Crippen molar-refractivity contribution in [2.45, 2.75) is 45.3 Å². The average molecular weight is 311 g/mol. The second-order valence-electron chi connectivity index (χ2n) is 6.35. The highest BCUT2D eigenvalue weighted by Gasteiger charge is 2.23. The Morgan fingerprint density at radius 2 is 2.29 bits per heavy atom. The van der Waals surface area contributed by atoms with E-state index in [-0.39, 0.29) is 0 Å². The Kier molecular flexibility index (Phi) is 5.85. The predicted molar refractivity (Wildman–Crippen MR) is 90.1 cm³/mol. The van der Waals surface area contributed by atoms with Crippen LogP contribution in [0.25, 0.3) is 0 Å². The third-order valence-electron chi connectivity index (χ3n) is 4.07. The maximum absolute atomic E-state index is 6.45. The van der Waals surface area contributed by atoms with E-state index in [9.17, 15) is 0 Å². The lowest BCUT2D eigenvalue weighted by Crippen LogP contribution is -2.45. The minimum Gasteiger partial charge on any atom is -0.354 e. The molecule has 0 saturated carbocycles. The number of pyridine rings is 1. The number of likely N-dealkylation sites (tertiary alicyclic amines) is 1. The number of aromatic nitrogens is 1. The van der Waals surface area contributed by atoms with Gasteiger partial charge in [0.05, 0.1) is 5.02 Å². The number of anilines is 1. The highest BCUT2D eigenvalue weighted by atomic mass is 35.5. The molecular formula is C16H27ClN4. The van der Waals surface area contributed by atoms with E-state index in [0.717, 1.165) is 29.5 Å². The number of nitrogens with zero attached hydrogens (tertiary/aromatic N) is 3. The van der Waals surface area contributed by atoms with Gasteiger partial charge >= 0.3 is 0 Å². The Hall–Kier alpha value is -0.840. The number of piperidine rings is 1. The molecule has 1 aliphatic heterocycles. The maximum Gasteiger partial charge on any atom is 0.147 e. The van der Waals surface area contributed by atoms with E-state index in [1.807, 2.05) is 12.3 Å². The van der Waals surface area contributed by atoms with Crippen molar-refractivity contribution < 1.29 is 0 Å². The first kappa shape index (κ1) is 16.5. The molecule has 0 spiro atoms. The van der Waals surface area contributed by atoms with Crippen LogP contribution in [0.1, 0.15) is 32.3 Å². The van der Waals surface area contributed by atoms with Crippen LogP contribution in [0.4, 0.5) is 5.82 Å². The summed E-state index contributed by atoms with van der Waals surface area (Å²) in [6.45, 7) is 7.34. The van der Waals surface area contributed by atoms with Gasteiger partial charge in [0.25, 0.3) is 0 Å². The Morgan fingerprint density at radius 1 is 1.52 bits per heavy atom. The third-order valence-corrected chi connectivity index (χ3v) is 4.35. The summed E-state index contributed by atoms with van der Waals surface area (Å²) in [5, 5.41) is 4.13. The minimum atomic E-state index is 0.462. The fraction of sp³-hybridized carbons (Fsp3) is 0.688. The van der Waals surface area contributed by atoms with E-state index in [1.165, 1.54) is 19.4 Å². The molecule has 4 nitrogen and oxygen atoms in total. The summed E-state index contributed by atoms with van der Waals surface area (Å²) in [5.74, 6) is 0.894. The van der Waals surface area contributed by atoms with Crippen molar-refractivity contribution in [3.8, 4) is 0 Å². The molecular weight excluding hydrogens is 284 g/mol. The summed E-state index contributed by atoms with van der Waals surface area (Å²) in [7, 11) is 4.28. The van der Waals surface area contributed by atoms with Crippen molar-refractivity contribution in [2.24, 2.45) is 0 Å².